The number of carboxylic acids is 2. The van der Waals surface area contributed by atoms with Crippen LogP contribution in [-0.4, -0.2) is 57.9 Å². The topological polar surface area (TPSA) is 130 Å². The number of esters is 1. The summed E-state index contributed by atoms with van der Waals surface area (Å²) in [5.41, 5.74) is 0.876. The molecule has 1 fully saturated rings. The fourth-order valence-electron chi connectivity index (χ4n) is 3.34. The Morgan fingerprint density at radius 1 is 1.25 bits per heavy atom. The van der Waals surface area contributed by atoms with E-state index in [4.69, 9.17) is 19.5 Å². The number of carboxylic acid groups (broad SMARTS) is 2. The number of fused-ring (bicyclic) bond motifs is 1. The number of carbonyl (C=O) groups excluding carboxylic acids is 1. The molecule has 32 heavy (non-hydrogen) atoms. The molecule has 0 saturated carbocycles. The van der Waals surface area contributed by atoms with E-state index in [-0.39, 0.29) is 17.6 Å². The van der Waals surface area contributed by atoms with Crippen LogP contribution in [0.4, 0.5) is 4.39 Å². The van der Waals surface area contributed by atoms with E-state index in [0.717, 1.165) is 17.5 Å². The molecule has 1 aliphatic heterocycles. The van der Waals surface area contributed by atoms with Crippen LogP contribution in [0.15, 0.2) is 34.5 Å². The first kappa shape index (κ1) is 24.8. The number of ether oxygens (including phenoxy) is 1. The fourth-order valence-corrected chi connectivity index (χ4v) is 3.34. The largest absolute Gasteiger partial charge is 0.478 e. The number of halogens is 1. The Morgan fingerprint density at radius 2 is 1.94 bits per heavy atom. The van der Waals surface area contributed by atoms with E-state index in [1.165, 1.54) is 17.0 Å². The molecular weight excluding hydrogens is 423 g/mol. The van der Waals surface area contributed by atoms with Gasteiger partial charge in [0.05, 0.1) is 18.4 Å². The first-order valence-corrected chi connectivity index (χ1v) is 10.4. The van der Waals surface area contributed by atoms with Gasteiger partial charge < -0.3 is 24.4 Å². The molecule has 0 amide bonds. The second kappa shape index (κ2) is 11.8. The predicted molar refractivity (Wildman–Crippen MR) is 112 cm³/mol. The Balaban J connectivity index is 0.000000390. The maximum Gasteiger partial charge on any atom is 0.352 e. The minimum atomic E-state index is -1.29. The highest BCUT2D eigenvalue weighted by molar-refractivity contribution is 5.94. The molecule has 1 saturated heterocycles. The van der Waals surface area contributed by atoms with Crippen LogP contribution in [0, 0.1) is 5.82 Å². The molecular formula is C22H27FN2O7. The first-order chi connectivity index (χ1) is 15.3. The number of carbonyl (C=O) groups is 3. The summed E-state index contributed by atoms with van der Waals surface area (Å²) in [6, 6.07) is 4.24. The van der Waals surface area contributed by atoms with Crippen molar-refractivity contribution in [2.45, 2.75) is 45.4 Å². The van der Waals surface area contributed by atoms with Crippen molar-refractivity contribution in [3.8, 4) is 0 Å². The summed E-state index contributed by atoms with van der Waals surface area (Å²) >= 11 is 0. The average Bonchev–Trinajstić information content (AvgIpc) is 3.19. The quantitative estimate of drug-likeness (QED) is 0.480. The third-order valence-electron chi connectivity index (χ3n) is 4.92. The molecule has 1 aliphatic rings. The number of piperidine rings is 1. The Morgan fingerprint density at radius 3 is 2.50 bits per heavy atom. The average molecular weight is 450 g/mol. The van der Waals surface area contributed by atoms with Gasteiger partial charge in [-0.3, -0.25) is 4.79 Å². The Kier molecular flexibility index (Phi) is 9.18. The molecule has 10 heteroatoms. The molecule has 174 valence electrons. The van der Waals surface area contributed by atoms with Crippen LogP contribution >= 0.6 is 0 Å². The fraction of sp³-hybridized carbons (Fsp3) is 0.455. The zero-order valence-corrected chi connectivity index (χ0v) is 18.0. The summed E-state index contributed by atoms with van der Waals surface area (Å²) in [5, 5.41) is 22.7. The first-order valence-electron chi connectivity index (χ1n) is 10.4. The number of benzene rings is 1. The van der Waals surface area contributed by atoms with Crippen molar-refractivity contribution in [2.24, 2.45) is 0 Å². The number of likely N-dealkylation sites (tertiary alicyclic amines) is 1. The Labute approximate surface area is 184 Å². The molecule has 0 unspecified atom stereocenters. The lowest BCUT2D eigenvalue weighted by molar-refractivity contribution is -0.143. The summed E-state index contributed by atoms with van der Waals surface area (Å²) in [5.74, 6) is -3.01. The zero-order valence-electron chi connectivity index (χ0n) is 18.0. The molecule has 0 spiro atoms. The van der Waals surface area contributed by atoms with Crippen LogP contribution in [0.1, 0.15) is 51.1 Å². The highest BCUT2D eigenvalue weighted by Crippen LogP contribution is 2.33. The zero-order chi connectivity index (χ0) is 23.7. The molecule has 0 aliphatic carbocycles. The number of hydrogen-bond donors (Lipinski definition) is 2. The number of aliphatic carboxylic acids is 2. The van der Waals surface area contributed by atoms with Gasteiger partial charge in [-0.2, -0.15) is 0 Å². The van der Waals surface area contributed by atoms with Gasteiger partial charge in [0.2, 0.25) is 0 Å². The van der Waals surface area contributed by atoms with Crippen molar-refractivity contribution in [3.63, 3.8) is 0 Å². The molecule has 2 aromatic rings. The number of hydrogen-bond acceptors (Lipinski definition) is 7. The number of rotatable bonds is 7. The summed E-state index contributed by atoms with van der Waals surface area (Å²) < 4.78 is 23.1. The van der Waals surface area contributed by atoms with Gasteiger partial charge in [0.25, 0.3) is 0 Å². The molecule has 2 N–H and O–H groups in total. The Bertz CT molecular complexity index is 978. The third-order valence-corrected chi connectivity index (χ3v) is 4.92. The van der Waals surface area contributed by atoms with Crippen LogP contribution in [0.2, 0.25) is 0 Å². The van der Waals surface area contributed by atoms with E-state index in [0.29, 0.717) is 50.6 Å². The SMILES string of the molecule is CCCOC(=O)CC.O=C(O)/C=C(/C(=O)O)N1CCC(c2noc3cc(F)ccc23)CC1. The normalized spacial score (nSPS) is 14.6. The molecule has 0 bridgehead atoms. The second-order valence-corrected chi connectivity index (χ2v) is 7.22. The highest BCUT2D eigenvalue weighted by atomic mass is 19.1. The minimum Gasteiger partial charge on any atom is -0.478 e. The monoisotopic (exact) mass is 450 g/mol. The lowest BCUT2D eigenvalue weighted by atomic mass is 9.91. The maximum atomic E-state index is 13.2. The van der Waals surface area contributed by atoms with Gasteiger partial charge in [-0.25, -0.2) is 14.0 Å². The van der Waals surface area contributed by atoms with Crippen molar-refractivity contribution in [1.82, 2.24) is 10.1 Å². The summed E-state index contributed by atoms with van der Waals surface area (Å²) in [7, 11) is 0. The van der Waals surface area contributed by atoms with Gasteiger partial charge >= 0.3 is 17.9 Å². The van der Waals surface area contributed by atoms with Gasteiger partial charge in [-0.15, -0.1) is 0 Å². The molecule has 1 aromatic carbocycles. The van der Waals surface area contributed by atoms with E-state index >= 15 is 0 Å². The lowest BCUT2D eigenvalue weighted by Gasteiger charge is -2.32. The third kappa shape index (κ3) is 6.79. The van der Waals surface area contributed by atoms with Crippen LogP contribution in [0.25, 0.3) is 11.0 Å². The summed E-state index contributed by atoms with van der Waals surface area (Å²) in [4.78, 5) is 33.9. The molecule has 3 rings (SSSR count). The van der Waals surface area contributed by atoms with Gasteiger partial charge in [0, 0.05) is 36.9 Å². The lowest BCUT2D eigenvalue weighted by Crippen LogP contribution is -2.35. The van der Waals surface area contributed by atoms with E-state index in [1.54, 1.807) is 13.0 Å². The van der Waals surface area contributed by atoms with Crippen molar-refractivity contribution in [1.29, 1.82) is 0 Å². The smallest absolute Gasteiger partial charge is 0.352 e. The van der Waals surface area contributed by atoms with Crippen LogP contribution < -0.4 is 0 Å². The number of aromatic nitrogens is 1. The van der Waals surface area contributed by atoms with Crippen LogP contribution in [-0.2, 0) is 19.1 Å². The van der Waals surface area contributed by atoms with Gasteiger partial charge in [-0.1, -0.05) is 19.0 Å². The highest BCUT2D eigenvalue weighted by Gasteiger charge is 2.28. The second-order valence-electron chi connectivity index (χ2n) is 7.22. The molecule has 0 atom stereocenters. The van der Waals surface area contributed by atoms with E-state index in [9.17, 15) is 18.8 Å². The summed E-state index contributed by atoms with van der Waals surface area (Å²) in [6.07, 6.45) is 3.30. The summed E-state index contributed by atoms with van der Waals surface area (Å²) in [6.45, 7) is 5.12. The van der Waals surface area contributed by atoms with Crippen molar-refractivity contribution in [2.75, 3.05) is 19.7 Å². The van der Waals surface area contributed by atoms with Gasteiger partial charge in [0.15, 0.2) is 5.58 Å². The Hall–Kier alpha value is -3.43. The van der Waals surface area contributed by atoms with Crippen molar-refractivity contribution < 1.29 is 38.2 Å². The van der Waals surface area contributed by atoms with Crippen molar-refractivity contribution >= 4 is 28.9 Å². The van der Waals surface area contributed by atoms with E-state index in [2.05, 4.69) is 5.16 Å². The van der Waals surface area contributed by atoms with Gasteiger partial charge in [-0.05, 0) is 31.4 Å². The minimum absolute atomic E-state index is 0.0489. The molecule has 0 radical (unpaired) electrons. The van der Waals surface area contributed by atoms with E-state index < -0.39 is 17.8 Å². The molecule has 9 nitrogen and oxygen atoms in total. The molecule has 1 aromatic heterocycles. The predicted octanol–water partition coefficient (Wildman–Crippen LogP) is 3.55. The maximum absolute atomic E-state index is 13.2. The van der Waals surface area contributed by atoms with Crippen molar-refractivity contribution in [3.05, 3.63) is 41.5 Å². The molecule has 2 heterocycles. The van der Waals surface area contributed by atoms with Gasteiger partial charge in [0.1, 0.15) is 11.5 Å². The number of nitrogens with zero attached hydrogens (tertiary/aromatic N) is 2. The standard InChI is InChI=1S/C16H15FN2O5.C6H12O2/c17-10-1-2-11-13(7-10)24-18-15(11)9-3-5-19(6-4-9)12(16(22)23)8-14(20)21;1-3-5-8-6(7)4-2/h1-2,7-9H,3-6H2,(H,20,21)(H,22,23);3-5H2,1-2H3/b12-8-;. The van der Waals surface area contributed by atoms with E-state index in [1.807, 2.05) is 6.92 Å². The van der Waals surface area contributed by atoms with Crippen LogP contribution in [0.3, 0.4) is 0 Å². The van der Waals surface area contributed by atoms with Crippen LogP contribution in [0.5, 0.6) is 0 Å².